The molecule has 0 aliphatic carbocycles. The summed E-state index contributed by atoms with van der Waals surface area (Å²) >= 11 is 0. The minimum Gasteiger partial charge on any atom is -0.322 e. The molecule has 2 amide bonds. The first kappa shape index (κ1) is 17.4. The molecule has 0 fully saturated rings. The Morgan fingerprint density at radius 1 is 0.692 bits per heavy atom. The van der Waals surface area contributed by atoms with Gasteiger partial charge in [0, 0.05) is 22.5 Å². The number of nitrogens with one attached hydrogen (secondary N) is 2. The van der Waals surface area contributed by atoms with Gasteiger partial charge in [0.05, 0.1) is 0 Å². The fourth-order valence-electron chi connectivity index (χ4n) is 2.61. The Balaban J connectivity index is 1.68. The fourth-order valence-corrected chi connectivity index (χ4v) is 2.61. The number of hydrogen-bond donors (Lipinski definition) is 2. The lowest BCUT2D eigenvalue weighted by Crippen LogP contribution is -2.14. The first-order valence-electron chi connectivity index (χ1n) is 8.38. The van der Waals surface area contributed by atoms with Crippen molar-refractivity contribution in [3.63, 3.8) is 0 Å². The van der Waals surface area contributed by atoms with E-state index >= 15 is 0 Å². The highest BCUT2D eigenvalue weighted by Crippen LogP contribution is 2.16. The molecule has 0 spiro atoms. The number of aryl methyl sites for hydroxylation is 2. The van der Waals surface area contributed by atoms with Crippen LogP contribution in [0.2, 0.25) is 0 Å². The molecule has 0 bridgehead atoms. The predicted octanol–water partition coefficient (Wildman–Crippen LogP) is 4.81. The number of hydrogen-bond acceptors (Lipinski definition) is 2. The summed E-state index contributed by atoms with van der Waals surface area (Å²) < 4.78 is 0. The van der Waals surface area contributed by atoms with E-state index in [4.69, 9.17) is 0 Å². The summed E-state index contributed by atoms with van der Waals surface area (Å²) in [7, 11) is 0. The Bertz CT molecular complexity index is 946. The smallest absolute Gasteiger partial charge is 0.255 e. The zero-order valence-corrected chi connectivity index (χ0v) is 14.7. The van der Waals surface area contributed by atoms with Gasteiger partial charge in [-0.3, -0.25) is 9.59 Å². The van der Waals surface area contributed by atoms with E-state index in [1.54, 1.807) is 24.3 Å². The molecule has 0 heterocycles. The summed E-state index contributed by atoms with van der Waals surface area (Å²) in [5.41, 5.74) is 4.59. The van der Waals surface area contributed by atoms with Crippen LogP contribution in [0.25, 0.3) is 0 Å². The number of carbonyl (C=O) groups is 2. The van der Waals surface area contributed by atoms with Crippen molar-refractivity contribution in [1.82, 2.24) is 0 Å². The molecular formula is C22H20N2O2. The Morgan fingerprint density at radius 3 is 1.92 bits per heavy atom. The van der Waals surface area contributed by atoms with Gasteiger partial charge in [-0.25, -0.2) is 0 Å². The zero-order chi connectivity index (χ0) is 18.5. The average molecular weight is 344 g/mol. The summed E-state index contributed by atoms with van der Waals surface area (Å²) in [6.45, 7) is 3.91. The SMILES string of the molecule is Cc1cccc(NC(=O)c2ccc(C(=O)Nc3ccccc3C)cc2)c1. The Kier molecular flexibility index (Phi) is 5.13. The molecule has 4 heteroatoms. The molecule has 0 unspecified atom stereocenters. The highest BCUT2D eigenvalue weighted by Gasteiger charge is 2.10. The van der Waals surface area contributed by atoms with Crippen LogP contribution in [0.4, 0.5) is 11.4 Å². The molecule has 0 aliphatic rings. The minimum atomic E-state index is -0.207. The van der Waals surface area contributed by atoms with Gasteiger partial charge >= 0.3 is 0 Å². The molecule has 130 valence electrons. The average Bonchev–Trinajstić information content (AvgIpc) is 2.64. The number of amides is 2. The largest absolute Gasteiger partial charge is 0.322 e. The van der Waals surface area contributed by atoms with Crippen LogP contribution < -0.4 is 10.6 Å². The molecule has 0 saturated heterocycles. The summed E-state index contributed by atoms with van der Waals surface area (Å²) in [5, 5.41) is 5.74. The van der Waals surface area contributed by atoms with E-state index in [1.165, 1.54) is 0 Å². The molecule has 0 aromatic heterocycles. The third-order valence-corrected chi connectivity index (χ3v) is 4.08. The summed E-state index contributed by atoms with van der Waals surface area (Å²) in [4.78, 5) is 24.7. The maximum atomic E-state index is 12.4. The van der Waals surface area contributed by atoms with Crippen molar-refractivity contribution in [2.45, 2.75) is 13.8 Å². The number of rotatable bonds is 4. The van der Waals surface area contributed by atoms with Gasteiger partial charge in [-0.15, -0.1) is 0 Å². The lowest BCUT2D eigenvalue weighted by atomic mass is 10.1. The monoisotopic (exact) mass is 344 g/mol. The molecule has 3 aromatic rings. The molecular weight excluding hydrogens is 324 g/mol. The van der Waals surface area contributed by atoms with Crippen LogP contribution in [0, 0.1) is 13.8 Å². The Labute approximate surface area is 152 Å². The second-order valence-electron chi connectivity index (χ2n) is 6.17. The molecule has 0 aliphatic heterocycles. The highest BCUT2D eigenvalue weighted by molar-refractivity contribution is 6.07. The normalized spacial score (nSPS) is 10.2. The molecule has 2 N–H and O–H groups in total. The lowest BCUT2D eigenvalue weighted by Gasteiger charge is -2.09. The van der Waals surface area contributed by atoms with Crippen LogP contribution in [-0.4, -0.2) is 11.8 Å². The van der Waals surface area contributed by atoms with Crippen LogP contribution in [0.5, 0.6) is 0 Å². The van der Waals surface area contributed by atoms with Gasteiger partial charge < -0.3 is 10.6 Å². The van der Waals surface area contributed by atoms with Crippen molar-refractivity contribution < 1.29 is 9.59 Å². The molecule has 0 atom stereocenters. The third kappa shape index (κ3) is 4.16. The summed E-state index contributed by atoms with van der Waals surface area (Å²) in [5.74, 6) is -0.411. The predicted molar refractivity (Wildman–Crippen MR) is 105 cm³/mol. The van der Waals surface area contributed by atoms with E-state index in [-0.39, 0.29) is 11.8 Å². The van der Waals surface area contributed by atoms with Crippen LogP contribution in [0.15, 0.2) is 72.8 Å². The second kappa shape index (κ2) is 7.66. The van der Waals surface area contributed by atoms with Gasteiger partial charge in [0.1, 0.15) is 0 Å². The van der Waals surface area contributed by atoms with Crippen molar-refractivity contribution in [2.24, 2.45) is 0 Å². The maximum Gasteiger partial charge on any atom is 0.255 e. The van der Waals surface area contributed by atoms with E-state index < -0.39 is 0 Å². The molecule has 0 radical (unpaired) electrons. The van der Waals surface area contributed by atoms with Crippen molar-refractivity contribution in [1.29, 1.82) is 0 Å². The topological polar surface area (TPSA) is 58.2 Å². The minimum absolute atomic E-state index is 0.204. The van der Waals surface area contributed by atoms with Crippen LogP contribution >= 0.6 is 0 Å². The summed E-state index contributed by atoms with van der Waals surface area (Å²) in [6, 6.07) is 21.8. The van der Waals surface area contributed by atoms with Crippen LogP contribution in [-0.2, 0) is 0 Å². The third-order valence-electron chi connectivity index (χ3n) is 4.08. The van der Waals surface area contributed by atoms with Crippen molar-refractivity contribution in [2.75, 3.05) is 10.6 Å². The van der Waals surface area contributed by atoms with Crippen LogP contribution in [0.1, 0.15) is 31.8 Å². The summed E-state index contributed by atoms with van der Waals surface area (Å²) in [6.07, 6.45) is 0. The van der Waals surface area contributed by atoms with E-state index in [0.717, 1.165) is 22.5 Å². The van der Waals surface area contributed by atoms with Crippen LogP contribution in [0.3, 0.4) is 0 Å². The maximum absolute atomic E-state index is 12.4. The first-order valence-corrected chi connectivity index (χ1v) is 8.38. The van der Waals surface area contributed by atoms with Crippen molar-refractivity contribution in [3.8, 4) is 0 Å². The number of carbonyl (C=O) groups excluding carboxylic acids is 2. The number of anilines is 2. The molecule has 3 rings (SSSR count). The molecule has 26 heavy (non-hydrogen) atoms. The van der Waals surface area contributed by atoms with Gasteiger partial charge in [0.2, 0.25) is 0 Å². The second-order valence-corrected chi connectivity index (χ2v) is 6.17. The molecule has 0 saturated carbocycles. The van der Waals surface area contributed by atoms with Crippen molar-refractivity contribution in [3.05, 3.63) is 95.1 Å². The van der Waals surface area contributed by atoms with E-state index in [9.17, 15) is 9.59 Å². The number of benzene rings is 3. The van der Waals surface area contributed by atoms with Crippen molar-refractivity contribution >= 4 is 23.2 Å². The van der Waals surface area contributed by atoms with Gasteiger partial charge in [-0.2, -0.15) is 0 Å². The van der Waals surface area contributed by atoms with Gasteiger partial charge in [-0.05, 0) is 67.4 Å². The standard InChI is InChI=1S/C22H20N2O2/c1-15-6-5-8-19(14-15)23-21(25)17-10-12-18(13-11-17)22(26)24-20-9-4-3-7-16(20)2/h3-14H,1-2H3,(H,23,25)(H,24,26). The van der Waals surface area contributed by atoms with Gasteiger partial charge in [0.25, 0.3) is 11.8 Å². The van der Waals surface area contributed by atoms with Gasteiger partial charge in [-0.1, -0.05) is 30.3 Å². The lowest BCUT2D eigenvalue weighted by molar-refractivity contribution is 0.101. The fraction of sp³-hybridized carbons (Fsp3) is 0.0909. The zero-order valence-electron chi connectivity index (χ0n) is 14.7. The van der Waals surface area contributed by atoms with Gasteiger partial charge in [0.15, 0.2) is 0 Å². The first-order chi connectivity index (χ1) is 12.5. The molecule has 3 aromatic carbocycles. The van der Waals surface area contributed by atoms with E-state index in [0.29, 0.717) is 11.1 Å². The Hall–Kier alpha value is -3.40. The van der Waals surface area contributed by atoms with E-state index in [1.807, 2.05) is 62.4 Å². The highest BCUT2D eigenvalue weighted by atomic mass is 16.2. The Morgan fingerprint density at radius 2 is 1.31 bits per heavy atom. The van der Waals surface area contributed by atoms with E-state index in [2.05, 4.69) is 10.6 Å². The quantitative estimate of drug-likeness (QED) is 0.714. The molecule has 4 nitrogen and oxygen atoms in total. The number of para-hydroxylation sites is 1.